The molecule has 0 saturated carbocycles. The maximum Gasteiger partial charge on any atom is 0.146 e. The molecule has 0 saturated heterocycles. The van der Waals surface area contributed by atoms with Gasteiger partial charge in [0.15, 0.2) is 0 Å². The number of rotatable bonds is 5. The highest BCUT2D eigenvalue weighted by atomic mass is 19.1. The van der Waals surface area contributed by atoms with Crippen LogP contribution in [0.4, 0.5) is 21.7 Å². The average molecular weight is 289 g/mol. The molecule has 1 heterocycles. The van der Waals surface area contributed by atoms with E-state index in [1.807, 2.05) is 20.8 Å². The number of aromatic nitrogens is 2. The van der Waals surface area contributed by atoms with Crippen LogP contribution in [0.2, 0.25) is 0 Å². The number of benzene rings is 1. The van der Waals surface area contributed by atoms with Gasteiger partial charge in [-0.15, -0.1) is 0 Å². The minimum absolute atomic E-state index is 0.149. The number of hydrogen-bond donors (Lipinski definition) is 2. The first kappa shape index (κ1) is 15.2. The predicted octanol–water partition coefficient (Wildman–Crippen LogP) is 3.18. The second-order valence-electron chi connectivity index (χ2n) is 4.96. The molecular formula is C15H20FN5. The number of anilines is 3. The van der Waals surface area contributed by atoms with Crippen LogP contribution in [0.1, 0.15) is 32.5 Å². The van der Waals surface area contributed by atoms with Gasteiger partial charge in [0.1, 0.15) is 23.3 Å². The highest BCUT2D eigenvalue weighted by Gasteiger charge is 2.16. The molecule has 5 nitrogen and oxygen atoms in total. The Morgan fingerprint density at radius 1 is 1.29 bits per heavy atom. The van der Waals surface area contributed by atoms with E-state index in [2.05, 4.69) is 15.4 Å². The molecular weight excluding hydrogens is 269 g/mol. The first-order valence-electron chi connectivity index (χ1n) is 6.94. The lowest BCUT2D eigenvalue weighted by Crippen LogP contribution is -2.21. The number of hydrogen-bond acceptors (Lipinski definition) is 5. The van der Waals surface area contributed by atoms with Gasteiger partial charge >= 0.3 is 0 Å². The van der Waals surface area contributed by atoms with Crippen molar-refractivity contribution in [1.29, 1.82) is 0 Å². The van der Waals surface area contributed by atoms with Crippen LogP contribution in [0.15, 0.2) is 30.3 Å². The molecule has 21 heavy (non-hydrogen) atoms. The molecule has 1 aromatic heterocycles. The normalized spacial score (nSPS) is 10.8. The smallest absolute Gasteiger partial charge is 0.146 e. The van der Waals surface area contributed by atoms with E-state index in [4.69, 9.17) is 5.84 Å². The van der Waals surface area contributed by atoms with Crippen LogP contribution >= 0.6 is 0 Å². The van der Waals surface area contributed by atoms with Crippen LogP contribution in [-0.4, -0.2) is 16.5 Å². The number of nitrogens with zero attached hydrogens (tertiary/aromatic N) is 3. The molecule has 0 aliphatic rings. The van der Waals surface area contributed by atoms with Crippen LogP contribution in [-0.2, 0) is 0 Å². The zero-order valence-corrected chi connectivity index (χ0v) is 12.5. The molecule has 112 valence electrons. The summed E-state index contributed by atoms with van der Waals surface area (Å²) in [5.41, 5.74) is 3.02. The lowest BCUT2D eigenvalue weighted by molar-refractivity contribution is 0.625. The Morgan fingerprint density at radius 3 is 2.57 bits per heavy atom. The molecule has 1 aromatic carbocycles. The monoisotopic (exact) mass is 289 g/mol. The van der Waals surface area contributed by atoms with E-state index in [0.29, 0.717) is 29.7 Å². The first-order valence-corrected chi connectivity index (χ1v) is 6.94. The van der Waals surface area contributed by atoms with E-state index >= 15 is 0 Å². The fourth-order valence-corrected chi connectivity index (χ4v) is 2.05. The summed E-state index contributed by atoms with van der Waals surface area (Å²) in [6, 6.07) is 8.34. The largest absolute Gasteiger partial charge is 0.324 e. The molecule has 0 aliphatic heterocycles. The molecule has 3 N–H and O–H groups in total. The maximum absolute atomic E-state index is 14.0. The standard InChI is InChI=1S/C15H20FN5/c1-4-21(12-8-6-5-7-11(12)16)14-9-13(20-17)18-15(19-14)10(2)3/h5-10H,4,17H2,1-3H3,(H,18,19,20). The van der Waals surface area contributed by atoms with E-state index in [1.165, 1.54) is 6.07 Å². The average Bonchev–Trinajstić information content (AvgIpc) is 2.49. The summed E-state index contributed by atoms with van der Waals surface area (Å²) in [6.07, 6.45) is 0. The van der Waals surface area contributed by atoms with Crippen molar-refractivity contribution in [2.24, 2.45) is 5.84 Å². The summed E-state index contributed by atoms with van der Waals surface area (Å²) in [7, 11) is 0. The van der Waals surface area contributed by atoms with Gasteiger partial charge in [-0.1, -0.05) is 26.0 Å². The van der Waals surface area contributed by atoms with Gasteiger partial charge in [-0.25, -0.2) is 20.2 Å². The lowest BCUT2D eigenvalue weighted by atomic mass is 10.2. The van der Waals surface area contributed by atoms with Crippen molar-refractivity contribution >= 4 is 17.3 Å². The summed E-state index contributed by atoms with van der Waals surface area (Å²) < 4.78 is 14.0. The third kappa shape index (κ3) is 3.28. The van der Waals surface area contributed by atoms with Crippen LogP contribution in [0.3, 0.4) is 0 Å². The molecule has 0 aliphatic carbocycles. The summed E-state index contributed by atoms with van der Waals surface area (Å²) in [5.74, 6) is 7.12. The molecule has 0 spiro atoms. The maximum atomic E-state index is 14.0. The minimum atomic E-state index is -0.286. The fourth-order valence-electron chi connectivity index (χ4n) is 2.05. The summed E-state index contributed by atoms with van der Waals surface area (Å²) >= 11 is 0. The van der Waals surface area contributed by atoms with Gasteiger partial charge < -0.3 is 10.3 Å². The Hall–Kier alpha value is -2.21. The number of nitrogen functional groups attached to an aromatic ring is 1. The van der Waals surface area contributed by atoms with Crippen LogP contribution in [0.5, 0.6) is 0 Å². The fraction of sp³-hybridized carbons (Fsp3) is 0.333. The van der Waals surface area contributed by atoms with E-state index < -0.39 is 0 Å². The zero-order chi connectivity index (χ0) is 15.4. The Bertz CT molecular complexity index is 615. The highest BCUT2D eigenvalue weighted by Crippen LogP contribution is 2.28. The summed E-state index contributed by atoms with van der Waals surface area (Å²) in [5, 5.41) is 0. The van der Waals surface area contributed by atoms with Gasteiger partial charge in [0, 0.05) is 18.5 Å². The van der Waals surface area contributed by atoms with Gasteiger partial charge in [-0.2, -0.15) is 0 Å². The molecule has 2 rings (SSSR count). The van der Waals surface area contributed by atoms with Gasteiger partial charge in [-0.3, -0.25) is 0 Å². The molecule has 0 unspecified atom stereocenters. The van der Waals surface area contributed by atoms with E-state index in [-0.39, 0.29) is 11.7 Å². The number of para-hydroxylation sites is 1. The topological polar surface area (TPSA) is 67.1 Å². The lowest BCUT2D eigenvalue weighted by Gasteiger charge is -2.23. The van der Waals surface area contributed by atoms with Crippen molar-refractivity contribution in [2.45, 2.75) is 26.7 Å². The number of halogens is 1. The van der Waals surface area contributed by atoms with Crippen molar-refractivity contribution in [3.05, 3.63) is 42.0 Å². The molecule has 6 heteroatoms. The minimum Gasteiger partial charge on any atom is -0.324 e. The first-order chi connectivity index (χ1) is 10.1. The molecule has 0 atom stereocenters. The van der Waals surface area contributed by atoms with E-state index in [1.54, 1.807) is 29.2 Å². The third-order valence-corrected chi connectivity index (χ3v) is 3.13. The number of nitrogens with two attached hydrogens (primary N) is 1. The predicted molar refractivity (Wildman–Crippen MR) is 83.0 cm³/mol. The van der Waals surface area contributed by atoms with Crippen molar-refractivity contribution in [3.8, 4) is 0 Å². The molecule has 0 radical (unpaired) electrons. The molecule has 2 aromatic rings. The van der Waals surface area contributed by atoms with Crippen LogP contribution in [0, 0.1) is 5.82 Å². The Morgan fingerprint density at radius 2 is 2.00 bits per heavy atom. The summed E-state index contributed by atoms with van der Waals surface area (Å²) in [4.78, 5) is 10.6. The second kappa shape index (κ2) is 6.49. The number of nitrogens with one attached hydrogen (secondary N) is 1. The quantitative estimate of drug-likeness (QED) is 0.653. The highest BCUT2D eigenvalue weighted by molar-refractivity contribution is 5.63. The van der Waals surface area contributed by atoms with Crippen LogP contribution < -0.4 is 16.2 Å². The molecule has 0 amide bonds. The second-order valence-corrected chi connectivity index (χ2v) is 4.96. The van der Waals surface area contributed by atoms with Gasteiger partial charge in [0.05, 0.1) is 5.69 Å². The van der Waals surface area contributed by atoms with Crippen LogP contribution in [0.25, 0.3) is 0 Å². The van der Waals surface area contributed by atoms with Crippen molar-refractivity contribution in [1.82, 2.24) is 9.97 Å². The van der Waals surface area contributed by atoms with Crippen molar-refractivity contribution in [2.75, 3.05) is 16.9 Å². The van der Waals surface area contributed by atoms with Gasteiger partial charge in [-0.05, 0) is 19.1 Å². The molecule has 0 fully saturated rings. The Labute approximate surface area is 124 Å². The van der Waals surface area contributed by atoms with Gasteiger partial charge in [0.2, 0.25) is 0 Å². The third-order valence-electron chi connectivity index (χ3n) is 3.13. The Kier molecular flexibility index (Phi) is 4.70. The van der Waals surface area contributed by atoms with Crippen molar-refractivity contribution in [3.63, 3.8) is 0 Å². The SMILES string of the molecule is CCN(c1cc(NN)nc(C(C)C)n1)c1ccccc1F. The number of hydrazine groups is 1. The molecule has 0 bridgehead atoms. The summed E-state index contributed by atoms with van der Waals surface area (Å²) in [6.45, 7) is 6.52. The van der Waals surface area contributed by atoms with E-state index in [0.717, 1.165) is 0 Å². The van der Waals surface area contributed by atoms with Crippen molar-refractivity contribution < 1.29 is 4.39 Å². The Balaban J connectivity index is 2.52. The van der Waals surface area contributed by atoms with E-state index in [9.17, 15) is 4.39 Å². The van der Waals surface area contributed by atoms with Gasteiger partial charge in [0.25, 0.3) is 0 Å². The zero-order valence-electron chi connectivity index (χ0n) is 12.5.